The second-order valence-corrected chi connectivity index (χ2v) is 4.57. The van der Waals surface area contributed by atoms with Crippen LogP contribution in [0, 0.1) is 12.8 Å². The van der Waals surface area contributed by atoms with Gasteiger partial charge < -0.3 is 0 Å². The van der Waals surface area contributed by atoms with Crippen LogP contribution in [0.1, 0.15) is 47.7 Å². The molecule has 0 aromatic heterocycles. The Balaban J connectivity index is 2.50. The van der Waals surface area contributed by atoms with Gasteiger partial charge in [0.2, 0.25) is 0 Å². The number of carbonyl (C=O) groups is 1. The summed E-state index contributed by atoms with van der Waals surface area (Å²) in [6, 6.07) is 6.26. The van der Waals surface area contributed by atoms with E-state index < -0.39 is 0 Å². The Hall–Kier alpha value is -1.11. The number of aryl methyl sites for hydroxylation is 1. The summed E-state index contributed by atoms with van der Waals surface area (Å²) in [5.41, 5.74) is 3.40. The third-order valence-electron chi connectivity index (χ3n) is 3.12. The van der Waals surface area contributed by atoms with Crippen molar-refractivity contribution >= 4 is 5.78 Å². The van der Waals surface area contributed by atoms with E-state index in [1.54, 1.807) is 0 Å². The molecule has 0 spiro atoms. The maximum absolute atomic E-state index is 11.7. The number of hydrogen-bond acceptors (Lipinski definition) is 1. The van der Waals surface area contributed by atoms with Crippen LogP contribution in [0.5, 0.6) is 0 Å². The van der Waals surface area contributed by atoms with Crippen LogP contribution in [-0.4, -0.2) is 5.78 Å². The van der Waals surface area contributed by atoms with E-state index in [9.17, 15) is 4.79 Å². The molecule has 1 unspecified atom stereocenters. The smallest absolute Gasteiger partial charge is 0.163 e. The Morgan fingerprint density at radius 2 is 2.07 bits per heavy atom. The van der Waals surface area contributed by atoms with E-state index in [-0.39, 0.29) is 0 Å². The van der Waals surface area contributed by atoms with Crippen LogP contribution in [0.4, 0.5) is 0 Å². The van der Waals surface area contributed by atoms with Gasteiger partial charge in [0.25, 0.3) is 0 Å². The van der Waals surface area contributed by atoms with Gasteiger partial charge in [-0.25, -0.2) is 0 Å². The maximum atomic E-state index is 11.7. The number of fused-ring (bicyclic) bond motifs is 1. The molecule has 0 N–H and O–H groups in total. The molecule has 1 aliphatic carbocycles. The van der Waals surface area contributed by atoms with Crippen LogP contribution < -0.4 is 0 Å². The van der Waals surface area contributed by atoms with Crippen molar-refractivity contribution in [3.8, 4) is 0 Å². The number of Topliss-reactive ketones (excluding diaryl/α,β-unsaturated/α-hetero) is 1. The quantitative estimate of drug-likeness (QED) is 0.660. The lowest BCUT2D eigenvalue weighted by Crippen LogP contribution is -2.02. The number of carbonyl (C=O) groups excluding carboxylic acids is 1. The largest absolute Gasteiger partial charge is 0.294 e. The first-order valence-electron chi connectivity index (χ1n) is 5.23. The highest BCUT2D eigenvalue weighted by atomic mass is 16.1. The van der Waals surface area contributed by atoms with Crippen molar-refractivity contribution in [3.63, 3.8) is 0 Å². The minimum atomic E-state index is 0.322. The number of hydrogen-bond donors (Lipinski definition) is 0. The summed E-state index contributed by atoms with van der Waals surface area (Å²) in [4.78, 5) is 11.7. The fourth-order valence-electron chi connectivity index (χ4n) is 2.25. The van der Waals surface area contributed by atoms with Crippen LogP contribution in [0.3, 0.4) is 0 Å². The van der Waals surface area contributed by atoms with Gasteiger partial charge in [-0.1, -0.05) is 31.5 Å². The molecule has 0 fully saturated rings. The minimum Gasteiger partial charge on any atom is -0.294 e. The SMILES string of the molecule is Cc1ccc2c(c1)C(=O)CC2C(C)C. The lowest BCUT2D eigenvalue weighted by Gasteiger charge is -2.14. The highest BCUT2D eigenvalue weighted by molar-refractivity contribution is 6.01. The highest BCUT2D eigenvalue weighted by Gasteiger charge is 2.30. The number of ketones is 1. The number of benzene rings is 1. The van der Waals surface area contributed by atoms with Crippen molar-refractivity contribution in [3.05, 3.63) is 34.9 Å². The average molecular weight is 188 g/mol. The van der Waals surface area contributed by atoms with E-state index in [0.717, 1.165) is 5.56 Å². The first-order chi connectivity index (χ1) is 6.59. The molecule has 1 nitrogen and oxygen atoms in total. The maximum Gasteiger partial charge on any atom is 0.163 e. The van der Waals surface area contributed by atoms with E-state index in [0.29, 0.717) is 24.0 Å². The van der Waals surface area contributed by atoms with Crippen molar-refractivity contribution in [2.75, 3.05) is 0 Å². The molecule has 1 aromatic rings. The average Bonchev–Trinajstić information content (AvgIpc) is 2.44. The van der Waals surface area contributed by atoms with E-state index in [1.807, 2.05) is 13.0 Å². The van der Waals surface area contributed by atoms with Gasteiger partial charge in [0.1, 0.15) is 0 Å². The Kier molecular flexibility index (Phi) is 2.18. The predicted octanol–water partition coefficient (Wildman–Crippen LogP) is 3.32. The molecule has 0 aliphatic heterocycles. The molecule has 0 amide bonds. The second-order valence-electron chi connectivity index (χ2n) is 4.57. The van der Waals surface area contributed by atoms with Crippen LogP contribution >= 0.6 is 0 Å². The zero-order valence-electron chi connectivity index (χ0n) is 9.00. The third kappa shape index (κ3) is 1.37. The Morgan fingerprint density at radius 1 is 1.36 bits per heavy atom. The van der Waals surface area contributed by atoms with E-state index in [2.05, 4.69) is 26.0 Å². The molecular formula is C13H16O. The normalized spacial score (nSPS) is 20.3. The van der Waals surface area contributed by atoms with Crippen LogP contribution in [0.25, 0.3) is 0 Å². The van der Waals surface area contributed by atoms with Gasteiger partial charge in [0.05, 0.1) is 0 Å². The first-order valence-corrected chi connectivity index (χ1v) is 5.23. The highest BCUT2D eigenvalue weighted by Crippen LogP contribution is 2.38. The monoisotopic (exact) mass is 188 g/mol. The van der Waals surface area contributed by atoms with Crippen molar-refractivity contribution < 1.29 is 4.79 Å². The van der Waals surface area contributed by atoms with Gasteiger partial charge in [-0.15, -0.1) is 0 Å². The van der Waals surface area contributed by atoms with Crippen LogP contribution in [0.2, 0.25) is 0 Å². The van der Waals surface area contributed by atoms with Crippen LogP contribution in [0.15, 0.2) is 18.2 Å². The summed E-state index contributed by atoms with van der Waals surface area (Å²) in [6.07, 6.45) is 0.705. The lowest BCUT2D eigenvalue weighted by atomic mass is 9.90. The molecule has 0 bridgehead atoms. The van der Waals surface area contributed by atoms with Crippen molar-refractivity contribution in [2.24, 2.45) is 5.92 Å². The van der Waals surface area contributed by atoms with E-state index >= 15 is 0 Å². The van der Waals surface area contributed by atoms with Crippen molar-refractivity contribution in [2.45, 2.75) is 33.1 Å². The third-order valence-corrected chi connectivity index (χ3v) is 3.12. The molecular weight excluding hydrogens is 172 g/mol. The molecule has 0 saturated carbocycles. The summed E-state index contributed by atoms with van der Waals surface area (Å²) in [5.74, 6) is 1.32. The van der Waals surface area contributed by atoms with Gasteiger partial charge >= 0.3 is 0 Å². The summed E-state index contributed by atoms with van der Waals surface area (Å²) >= 11 is 0. The molecule has 1 heteroatoms. The lowest BCUT2D eigenvalue weighted by molar-refractivity contribution is 0.0984. The molecule has 14 heavy (non-hydrogen) atoms. The van der Waals surface area contributed by atoms with Gasteiger partial charge in [-0.05, 0) is 30.4 Å². The van der Waals surface area contributed by atoms with E-state index in [1.165, 1.54) is 11.1 Å². The standard InChI is InChI=1S/C13H16O/c1-8(2)11-7-13(14)12-6-9(3)4-5-10(11)12/h4-6,8,11H,7H2,1-3H3. The number of rotatable bonds is 1. The van der Waals surface area contributed by atoms with Crippen molar-refractivity contribution in [1.29, 1.82) is 0 Å². The summed E-state index contributed by atoms with van der Waals surface area (Å²) in [7, 11) is 0. The zero-order chi connectivity index (χ0) is 10.3. The first kappa shape index (κ1) is 9.45. The van der Waals surface area contributed by atoms with Gasteiger partial charge in [0, 0.05) is 12.0 Å². The van der Waals surface area contributed by atoms with Gasteiger partial charge in [-0.2, -0.15) is 0 Å². The molecule has 0 radical (unpaired) electrons. The van der Waals surface area contributed by atoms with Crippen molar-refractivity contribution in [1.82, 2.24) is 0 Å². The van der Waals surface area contributed by atoms with Crippen LogP contribution in [-0.2, 0) is 0 Å². The molecule has 1 atom stereocenters. The second kappa shape index (κ2) is 3.23. The fourth-order valence-corrected chi connectivity index (χ4v) is 2.25. The summed E-state index contributed by atoms with van der Waals surface area (Å²) in [6.45, 7) is 6.41. The molecule has 0 heterocycles. The minimum absolute atomic E-state index is 0.322. The molecule has 74 valence electrons. The summed E-state index contributed by atoms with van der Waals surface area (Å²) in [5, 5.41) is 0. The van der Waals surface area contributed by atoms with Gasteiger partial charge in [0.15, 0.2) is 5.78 Å². The molecule has 0 saturated heterocycles. The summed E-state index contributed by atoms with van der Waals surface area (Å²) < 4.78 is 0. The molecule has 1 aromatic carbocycles. The van der Waals surface area contributed by atoms with E-state index in [4.69, 9.17) is 0 Å². The Morgan fingerprint density at radius 3 is 2.71 bits per heavy atom. The molecule has 2 rings (SSSR count). The predicted molar refractivity (Wildman–Crippen MR) is 57.7 cm³/mol. The fraction of sp³-hybridized carbons (Fsp3) is 0.462. The zero-order valence-corrected chi connectivity index (χ0v) is 9.00. The van der Waals surface area contributed by atoms with Gasteiger partial charge in [-0.3, -0.25) is 4.79 Å². The Bertz CT molecular complexity index is 377. The molecule has 1 aliphatic rings. The topological polar surface area (TPSA) is 17.1 Å². The Labute approximate surface area is 85.1 Å².